The molecule has 1 aromatic heterocycles. The number of likely N-dealkylation sites (tertiary alicyclic amines) is 1. The van der Waals surface area contributed by atoms with Crippen LogP contribution in [-0.2, 0) is 4.74 Å². The zero-order chi connectivity index (χ0) is 15.5. The van der Waals surface area contributed by atoms with Gasteiger partial charge in [0.2, 0.25) is 0 Å². The van der Waals surface area contributed by atoms with Crippen LogP contribution in [0.15, 0.2) is 21.7 Å². The number of rotatable bonds is 5. The molecular formula is C13H16N4O5. The third kappa shape index (κ3) is 3.25. The van der Waals surface area contributed by atoms with E-state index in [4.69, 9.17) is 9.15 Å². The Balaban J connectivity index is 1.56. The second-order valence-corrected chi connectivity index (χ2v) is 5.27. The Morgan fingerprint density at radius 1 is 1.41 bits per heavy atom. The van der Waals surface area contributed by atoms with Gasteiger partial charge >= 0.3 is 12.0 Å². The molecule has 1 aromatic rings. The summed E-state index contributed by atoms with van der Waals surface area (Å²) in [7, 11) is 0. The van der Waals surface area contributed by atoms with Gasteiger partial charge in [-0.05, 0) is 32.0 Å². The largest absolute Gasteiger partial charge is 0.441 e. The molecule has 0 spiro atoms. The fourth-order valence-corrected chi connectivity index (χ4v) is 2.59. The summed E-state index contributed by atoms with van der Waals surface area (Å²) in [6.07, 6.45) is 2.92. The summed E-state index contributed by atoms with van der Waals surface area (Å²) in [4.78, 5) is 23.9. The molecule has 3 heterocycles. The quantitative estimate of drug-likeness (QED) is 0.463. The van der Waals surface area contributed by atoms with Crippen molar-refractivity contribution in [2.45, 2.75) is 18.9 Å². The number of cyclic esters (lactones) is 1. The summed E-state index contributed by atoms with van der Waals surface area (Å²) in [6, 6.07) is 2.66. The molecule has 118 valence electrons. The predicted molar refractivity (Wildman–Crippen MR) is 75.6 cm³/mol. The van der Waals surface area contributed by atoms with Crippen molar-refractivity contribution >= 4 is 18.2 Å². The second kappa shape index (κ2) is 6.14. The van der Waals surface area contributed by atoms with Gasteiger partial charge in [0.05, 0.1) is 18.8 Å². The van der Waals surface area contributed by atoms with Crippen LogP contribution in [-0.4, -0.2) is 59.4 Å². The van der Waals surface area contributed by atoms with Crippen molar-refractivity contribution in [3.63, 3.8) is 0 Å². The highest BCUT2D eigenvalue weighted by Crippen LogP contribution is 2.17. The van der Waals surface area contributed by atoms with Crippen LogP contribution in [0.1, 0.15) is 18.6 Å². The Hall–Kier alpha value is -2.42. The van der Waals surface area contributed by atoms with Crippen LogP contribution >= 0.6 is 0 Å². The van der Waals surface area contributed by atoms with E-state index in [0.717, 1.165) is 13.1 Å². The van der Waals surface area contributed by atoms with E-state index in [0.29, 0.717) is 13.1 Å². The molecule has 3 rings (SSSR count). The number of furan rings is 1. The van der Waals surface area contributed by atoms with Gasteiger partial charge in [-0.1, -0.05) is 0 Å². The van der Waals surface area contributed by atoms with Crippen LogP contribution in [0.5, 0.6) is 0 Å². The molecule has 0 radical (unpaired) electrons. The molecule has 0 unspecified atom stereocenters. The molecule has 9 heteroatoms. The minimum absolute atomic E-state index is 0.200. The van der Waals surface area contributed by atoms with Gasteiger partial charge in [-0.15, -0.1) is 0 Å². The molecular weight excluding hydrogens is 292 g/mol. The van der Waals surface area contributed by atoms with Crippen molar-refractivity contribution in [3.05, 3.63) is 28.0 Å². The van der Waals surface area contributed by atoms with Crippen molar-refractivity contribution in [2.24, 2.45) is 5.10 Å². The Morgan fingerprint density at radius 2 is 2.18 bits per heavy atom. The smallest absolute Gasteiger partial charge is 0.433 e. The number of carbonyl (C=O) groups is 1. The zero-order valence-corrected chi connectivity index (χ0v) is 11.9. The lowest BCUT2D eigenvalue weighted by atomic mass is 10.3. The highest BCUT2D eigenvalue weighted by Gasteiger charge is 2.32. The molecule has 9 nitrogen and oxygen atoms in total. The van der Waals surface area contributed by atoms with Gasteiger partial charge in [0, 0.05) is 6.54 Å². The van der Waals surface area contributed by atoms with Gasteiger partial charge in [-0.25, -0.2) is 4.79 Å². The van der Waals surface area contributed by atoms with E-state index in [1.807, 2.05) is 0 Å². The number of carbonyl (C=O) groups excluding carboxylic acids is 1. The molecule has 0 N–H and O–H groups in total. The second-order valence-electron chi connectivity index (χ2n) is 5.27. The van der Waals surface area contributed by atoms with E-state index >= 15 is 0 Å². The Morgan fingerprint density at radius 3 is 2.86 bits per heavy atom. The fourth-order valence-electron chi connectivity index (χ4n) is 2.59. The number of hydrazone groups is 1. The lowest BCUT2D eigenvalue weighted by Crippen LogP contribution is -2.32. The van der Waals surface area contributed by atoms with Gasteiger partial charge in [-0.3, -0.25) is 15.0 Å². The van der Waals surface area contributed by atoms with E-state index in [1.54, 1.807) is 0 Å². The van der Waals surface area contributed by atoms with Crippen molar-refractivity contribution in [1.29, 1.82) is 0 Å². The molecule has 2 aliphatic rings. The highest BCUT2D eigenvalue weighted by molar-refractivity contribution is 5.78. The summed E-state index contributed by atoms with van der Waals surface area (Å²) < 4.78 is 10.2. The summed E-state index contributed by atoms with van der Waals surface area (Å²) in [5.41, 5.74) is 0. The minimum Gasteiger partial charge on any atom is -0.441 e. The highest BCUT2D eigenvalue weighted by atomic mass is 16.6. The predicted octanol–water partition coefficient (Wildman–Crippen LogP) is 1.44. The van der Waals surface area contributed by atoms with Gasteiger partial charge in [0.15, 0.2) is 5.76 Å². The van der Waals surface area contributed by atoms with Gasteiger partial charge in [0.25, 0.3) is 0 Å². The molecule has 0 aromatic carbocycles. The Kier molecular flexibility index (Phi) is 4.05. The average molecular weight is 308 g/mol. The molecule has 2 saturated heterocycles. The van der Waals surface area contributed by atoms with Crippen LogP contribution in [0.3, 0.4) is 0 Å². The Labute approximate surface area is 126 Å². The van der Waals surface area contributed by atoms with E-state index < -0.39 is 11.0 Å². The maximum Gasteiger partial charge on any atom is 0.433 e. The molecule has 1 atom stereocenters. The van der Waals surface area contributed by atoms with Crippen LogP contribution in [0.25, 0.3) is 0 Å². The maximum absolute atomic E-state index is 11.7. The first-order valence-electron chi connectivity index (χ1n) is 7.10. The molecule has 22 heavy (non-hydrogen) atoms. The van der Waals surface area contributed by atoms with E-state index in [9.17, 15) is 14.9 Å². The topological polar surface area (TPSA) is 101 Å². The molecule has 2 aliphatic heterocycles. The van der Waals surface area contributed by atoms with Gasteiger partial charge in [-0.2, -0.15) is 10.1 Å². The minimum atomic E-state index is -0.631. The maximum atomic E-state index is 11.7. The van der Waals surface area contributed by atoms with E-state index in [2.05, 4.69) is 10.0 Å². The summed E-state index contributed by atoms with van der Waals surface area (Å²) in [5.74, 6) is -0.153. The standard InChI is InChI=1S/C13H16N4O5/c18-13-16(9-11(22-13)8-15-5-1-2-6-15)14-7-10-3-4-12(21-10)17(19)20/h3-4,7,11H,1-2,5-6,8-9H2/b14-7-/t11-/m0/s1. The van der Waals surface area contributed by atoms with Crippen LogP contribution in [0.2, 0.25) is 0 Å². The van der Waals surface area contributed by atoms with Crippen molar-refractivity contribution in [2.75, 3.05) is 26.2 Å². The summed E-state index contributed by atoms with van der Waals surface area (Å²) in [6.45, 7) is 3.15. The van der Waals surface area contributed by atoms with Crippen LogP contribution in [0, 0.1) is 10.1 Å². The summed E-state index contributed by atoms with van der Waals surface area (Å²) in [5, 5.41) is 15.7. The summed E-state index contributed by atoms with van der Waals surface area (Å²) >= 11 is 0. The number of nitrogens with zero attached hydrogens (tertiary/aromatic N) is 4. The zero-order valence-electron chi connectivity index (χ0n) is 11.9. The SMILES string of the molecule is O=C1O[C@@H](CN2CCCC2)CN1/N=C\c1ccc([N+](=O)[O-])o1. The van der Waals surface area contributed by atoms with Gasteiger partial charge < -0.3 is 9.15 Å². The van der Waals surface area contributed by atoms with Crippen molar-refractivity contribution < 1.29 is 18.9 Å². The first-order valence-corrected chi connectivity index (χ1v) is 7.10. The Bertz CT molecular complexity index is 593. The molecule has 1 amide bonds. The fraction of sp³-hybridized carbons (Fsp3) is 0.538. The number of nitro groups is 1. The van der Waals surface area contributed by atoms with Gasteiger partial charge in [0.1, 0.15) is 11.0 Å². The van der Waals surface area contributed by atoms with E-state index in [-0.39, 0.29) is 17.7 Å². The first-order chi connectivity index (χ1) is 10.6. The number of ether oxygens (including phenoxy) is 1. The first kappa shape index (κ1) is 14.5. The monoisotopic (exact) mass is 308 g/mol. The number of hydrogen-bond donors (Lipinski definition) is 0. The average Bonchev–Trinajstić information content (AvgIpc) is 3.18. The van der Waals surface area contributed by atoms with Crippen LogP contribution in [0.4, 0.5) is 10.7 Å². The van der Waals surface area contributed by atoms with Crippen molar-refractivity contribution in [1.82, 2.24) is 9.91 Å². The third-order valence-electron chi connectivity index (χ3n) is 3.63. The number of amides is 1. The lowest BCUT2D eigenvalue weighted by Gasteiger charge is -2.17. The molecule has 0 aliphatic carbocycles. The molecule has 2 fully saturated rings. The molecule has 0 bridgehead atoms. The normalized spacial score (nSPS) is 22.6. The lowest BCUT2D eigenvalue weighted by molar-refractivity contribution is -0.402. The van der Waals surface area contributed by atoms with Crippen molar-refractivity contribution in [3.8, 4) is 0 Å². The third-order valence-corrected chi connectivity index (χ3v) is 3.63. The molecule has 0 saturated carbocycles. The number of hydrogen-bond acceptors (Lipinski definition) is 7. The van der Waals surface area contributed by atoms with E-state index in [1.165, 1.54) is 36.2 Å². The van der Waals surface area contributed by atoms with Crippen LogP contribution < -0.4 is 0 Å².